The highest BCUT2D eigenvalue weighted by molar-refractivity contribution is 6.21. The van der Waals surface area contributed by atoms with Gasteiger partial charge in [0.05, 0.1) is 11.4 Å². The summed E-state index contributed by atoms with van der Waals surface area (Å²) in [6.07, 6.45) is 10.3. The third kappa shape index (κ3) is 3.10. The lowest BCUT2D eigenvalue weighted by atomic mass is 9.90. The number of hydrogen-bond acceptors (Lipinski definition) is 1. The summed E-state index contributed by atoms with van der Waals surface area (Å²) in [5.74, 6) is 0.494. The molecule has 1 aliphatic heterocycles. The van der Waals surface area contributed by atoms with E-state index in [1.807, 2.05) is 0 Å². The van der Waals surface area contributed by atoms with Crippen molar-refractivity contribution in [3.63, 3.8) is 0 Å². The van der Waals surface area contributed by atoms with Gasteiger partial charge in [-0.2, -0.15) is 0 Å². The lowest BCUT2D eigenvalue weighted by molar-refractivity contribution is 0.767. The number of rotatable bonds is 2. The third-order valence-electron chi connectivity index (χ3n) is 8.20. The largest absolute Gasteiger partial charge is 0.248 e. The molecule has 1 atom stereocenters. The van der Waals surface area contributed by atoms with Crippen molar-refractivity contribution in [1.29, 1.82) is 0 Å². The Kier molecular flexibility index (Phi) is 4.81. The minimum absolute atomic E-state index is 0.494. The molecule has 0 fully saturated rings. The maximum atomic E-state index is 5.23. The van der Waals surface area contributed by atoms with Crippen molar-refractivity contribution < 1.29 is 0 Å². The molecular weight excluding hydrogens is 410 g/mol. The molecule has 0 radical (unpaired) electrons. The van der Waals surface area contributed by atoms with Gasteiger partial charge in [-0.15, -0.1) is 0 Å². The summed E-state index contributed by atoms with van der Waals surface area (Å²) in [5.41, 5.74) is 17.9. The van der Waals surface area contributed by atoms with E-state index in [4.69, 9.17) is 4.99 Å². The predicted molar refractivity (Wildman–Crippen MR) is 144 cm³/mol. The number of fused-ring (bicyclic) bond motifs is 3. The Morgan fingerprint density at radius 1 is 0.912 bits per heavy atom. The zero-order chi connectivity index (χ0) is 23.7. The molecule has 0 N–H and O–H groups in total. The van der Waals surface area contributed by atoms with Gasteiger partial charge in [-0.25, -0.2) is 4.99 Å². The molecular formula is C33H33N. The van der Waals surface area contributed by atoms with Gasteiger partial charge in [0.25, 0.3) is 0 Å². The minimum Gasteiger partial charge on any atom is -0.248 e. The third-order valence-corrected chi connectivity index (χ3v) is 8.20. The maximum Gasteiger partial charge on any atom is 0.0750 e. The van der Waals surface area contributed by atoms with Crippen LogP contribution in [0, 0.1) is 33.6 Å². The summed E-state index contributed by atoms with van der Waals surface area (Å²) >= 11 is 0. The van der Waals surface area contributed by atoms with E-state index in [0.29, 0.717) is 5.92 Å². The molecule has 1 unspecified atom stereocenters. The van der Waals surface area contributed by atoms with Gasteiger partial charge in [-0.3, -0.25) is 0 Å². The number of allylic oxidation sites excluding steroid dienone is 7. The second-order valence-corrected chi connectivity index (χ2v) is 10.6. The van der Waals surface area contributed by atoms with Crippen LogP contribution >= 0.6 is 0 Å². The Labute approximate surface area is 203 Å². The molecule has 0 amide bonds. The van der Waals surface area contributed by atoms with Crippen molar-refractivity contribution in [2.45, 2.75) is 60.8 Å². The molecule has 34 heavy (non-hydrogen) atoms. The first-order valence-corrected chi connectivity index (χ1v) is 12.7. The highest BCUT2D eigenvalue weighted by atomic mass is 14.8. The summed E-state index contributed by atoms with van der Waals surface area (Å²) in [5, 5.41) is 2.76. The summed E-state index contributed by atoms with van der Waals surface area (Å²) in [4.78, 5) is 5.23. The zero-order valence-corrected chi connectivity index (χ0v) is 21.3. The standard InChI is InChI=1S/C33H33N/c1-18-11-12-26-24(16-29(28(26)15-18)31-20(3)13-19(2)14-21(31)4)17-30-23(6)32-22(5)25-9-7-8-10-27(25)33(32)34-30/h8,10-15,17,22H,7,9,16H2,1-6H3/b30-17-. The molecule has 0 saturated heterocycles. The van der Waals surface area contributed by atoms with Crippen molar-refractivity contribution in [3.8, 4) is 0 Å². The maximum absolute atomic E-state index is 5.23. The molecule has 0 spiro atoms. The molecule has 0 bridgehead atoms. The van der Waals surface area contributed by atoms with Gasteiger partial charge in [0.1, 0.15) is 0 Å². The fourth-order valence-electron chi connectivity index (χ4n) is 6.73. The van der Waals surface area contributed by atoms with Crippen LogP contribution in [0.25, 0.3) is 11.1 Å². The lowest BCUT2D eigenvalue weighted by Gasteiger charge is -2.14. The van der Waals surface area contributed by atoms with Crippen molar-refractivity contribution in [3.05, 3.63) is 115 Å². The van der Waals surface area contributed by atoms with Crippen molar-refractivity contribution >= 4 is 16.9 Å². The van der Waals surface area contributed by atoms with Crippen LogP contribution in [0.4, 0.5) is 0 Å². The number of aryl methyl sites for hydroxylation is 4. The highest BCUT2D eigenvalue weighted by Gasteiger charge is 2.37. The van der Waals surface area contributed by atoms with Gasteiger partial charge in [0.15, 0.2) is 0 Å². The average Bonchev–Trinajstić information content (AvgIpc) is 3.39. The van der Waals surface area contributed by atoms with Crippen LogP contribution in [0.3, 0.4) is 0 Å². The molecule has 4 aliphatic rings. The highest BCUT2D eigenvalue weighted by Crippen LogP contribution is 2.46. The number of hydrogen-bond donors (Lipinski definition) is 0. The van der Waals surface area contributed by atoms with Crippen LogP contribution in [-0.2, 0) is 0 Å². The molecule has 0 aromatic heterocycles. The average molecular weight is 444 g/mol. The molecule has 1 nitrogen and oxygen atoms in total. The minimum atomic E-state index is 0.494. The normalized spacial score (nSPS) is 22.1. The fourth-order valence-corrected chi connectivity index (χ4v) is 6.73. The lowest BCUT2D eigenvalue weighted by Crippen LogP contribution is -2.24. The van der Waals surface area contributed by atoms with Crippen LogP contribution in [-0.4, -0.2) is 5.71 Å². The van der Waals surface area contributed by atoms with Crippen molar-refractivity contribution in [2.24, 2.45) is 10.9 Å². The summed E-state index contributed by atoms with van der Waals surface area (Å²) < 4.78 is 0. The van der Waals surface area contributed by atoms with Crippen molar-refractivity contribution in [2.75, 3.05) is 0 Å². The van der Waals surface area contributed by atoms with Crippen LogP contribution in [0.2, 0.25) is 0 Å². The second-order valence-electron chi connectivity index (χ2n) is 10.6. The van der Waals surface area contributed by atoms with E-state index in [0.717, 1.165) is 18.5 Å². The number of nitrogens with zero attached hydrogens (tertiary/aromatic N) is 1. The van der Waals surface area contributed by atoms with Gasteiger partial charge in [-0.1, -0.05) is 66.1 Å². The summed E-state index contributed by atoms with van der Waals surface area (Å²) in [7, 11) is 0. The van der Waals surface area contributed by atoms with Crippen LogP contribution in [0.5, 0.6) is 0 Å². The van der Waals surface area contributed by atoms with Crippen LogP contribution < -0.4 is 10.4 Å². The van der Waals surface area contributed by atoms with E-state index in [2.05, 4.69) is 90.1 Å². The molecule has 1 heteroatoms. The molecule has 2 aromatic carbocycles. The Balaban J connectivity index is 1.53. The smallest absolute Gasteiger partial charge is 0.0750 e. The number of aliphatic imine (C=N–C) groups is 1. The van der Waals surface area contributed by atoms with Gasteiger partial charge in [0, 0.05) is 5.92 Å². The van der Waals surface area contributed by atoms with E-state index in [-0.39, 0.29) is 0 Å². The van der Waals surface area contributed by atoms with Crippen LogP contribution in [0.1, 0.15) is 60.9 Å². The van der Waals surface area contributed by atoms with Crippen LogP contribution in [0.15, 0.2) is 81.5 Å². The molecule has 3 aliphatic carbocycles. The Morgan fingerprint density at radius 3 is 2.44 bits per heavy atom. The van der Waals surface area contributed by atoms with E-state index in [1.54, 1.807) is 5.57 Å². The quantitative estimate of drug-likeness (QED) is 0.494. The van der Waals surface area contributed by atoms with Gasteiger partial charge < -0.3 is 0 Å². The Hall–Kier alpha value is -3.19. The van der Waals surface area contributed by atoms with E-state index >= 15 is 0 Å². The van der Waals surface area contributed by atoms with Crippen molar-refractivity contribution in [1.82, 2.24) is 0 Å². The molecule has 2 aromatic rings. The molecule has 1 heterocycles. The summed E-state index contributed by atoms with van der Waals surface area (Å²) in [6, 6.07) is 11.6. The second kappa shape index (κ2) is 7.67. The first-order chi connectivity index (χ1) is 16.3. The fraction of sp³-hybridized carbons (Fsp3) is 0.303. The SMILES string of the molecule is CC1=C2C(=N/C1=C\C1=c3ccc(C)cc3=C(c3c(C)cc(C)cc3C)C1)C1=C(CCC=C1)C2C. The number of benzene rings is 2. The monoisotopic (exact) mass is 443 g/mol. The molecule has 170 valence electrons. The van der Waals surface area contributed by atoms with E-state index in [9.17, 15) is 0 Å². The predicted octanol–water partition coefficient (Wildman–Crippen LogP) is 6.62. The first-order valence-electron chi connectivity index (χ1n) is 12.7. The van der Waals surface area contributed by atoms with Gasteiger partial charge in [0.2, 0.25) is 0 Å². The molecule has 0 saturated carbocycles. The van der Waals surface area contributed by atoms with E-state index < -0.39 is 0 Å². The topological polar surface area (TPSA) is 12.4 Å². The first kappa shape index (κ1) is 21.4. The van der Waals surface area contributed by atoms with E-state index in [1.165, 1.54) is 78.3 Å². The Morgan fingerprint density at radius 2 is 1.68 bits per heavy atom. The zero-order valence-electron chi connectivity index (χ0n) is 21.3. The summed E-state index contributed by atoms with van der Waals surface area (Å²) in [6.45, 7) is 13.6. The van der Waals surface area contributed by atoms with Gasteiger partial charge >= 0.3 is 0 Å². The molecule has 6 rings (SSSR count). The Bertz CT molecular complexity index is 1540. The van der Waals surface area contributed by atoms with Gasteiger partial charge in [-0.05, 0) is 115 Å².